The van der Waals surface area contributed by atoms with Crippen LogP contribution in [0.2, 0.25) is 5.02 Å². The number of aromatic nitrogens is 3. The van der Waals surface area contributed by atoms with Gasteiger partial charge in [-0.15, -0.1) is 10.2 Å². The fourth-order valence-electron chi connectivity index (χ4n) is 3.80. The second-order valence-corrected chi connectivity index (χ2v) is 8.01. The van der Waals surface area contributed by atoms with E-state index in [1.165, 1.54) is 5.56 Å². The number of benzene rings is 2. The summed E-state index contributed by atoms with van der Waals surface area (Å²) in [4.78, 5) is 14.8. The van der Waals surface area contributed by atoms with Crippen LogP contribution in [-0.2, 0) is 25.9 Å². The number of carbonyl (C=O) groups is 1. The highest BCUT2D eigenvalue weighted by molar-refractivity contribution is 6.30. The van der Waals surface area contributed by atoms with Crippen LogP contribution in [0.1, 0.15) is 27.6 Å². The summed E-state index contributed by atoms with van der Waals surface area (Å²) in [6.07, 6.45) is 1.50. The molecule has 1 aliphatic heterocycles. The zero-order valence-corrected chi connectivity index (χ0v) is 18.3. The normalized spacial score (nSPS) is 14.0. The lowest BCUT2D eigenvalue weighted by molar-refractivity contribution is 0.0954. The van der Waals surface area contributed by atoms with E-state index in [1.807, 2.05) is 18.2 Å². The molecule has 0 fully saturated rings. The van der Waals surface area contributed by atoms with E-state index in [2.05, 4.69) is 31.0 Å². The fourth-order valence-corrected chi connectivity index (χ4v) is 4.01. The van der Waals surface area contributed by atoms with E-state index in [1.54, 1.807) is 31.4 Å². The maximum atomic E-state index is 12.3. The molecule has 0 aliphatic carbocycles. The van der Waals surface area contributed by atoms with Gasteiger partial charge in [-0.1, -0.05) is 23.7 Å². The topological polar surface area (TPSA) is 72.3 Å². The lowest BCUT2D eigenvalue weighted by Crippen LogP contribution is -2.28. The van der Waals surface area contributed by atoms with Crippen LogP contribution in [0.4, 0.5) is 0 Å². The van der Waals surface area contributed by atoms with Gasteiger partial charge in [0.1, 0.15) is 17.4 Å². The molecule has 1 amide bonds. The van der Waals surface area contributed by atoms with Crippen molar-refractivity contribution < 1.29 is 9.53 Å². The Kier molecular flexibility index (Phi) is 6.84. The van der Waals surface area contributed by atoms with Gasteiger partial charge in [0, 0.05) is 56.2 Å². The molecule has 0 spiro atoms. The van der Waals surface area contributed by atoms with Gasteiger partial charge in [-0.2, -0.15) is 0 Å². The molecular weight excluding hydrogens is 414 g/mol. The SMILES string of the molecule is COc1ccc(C(=O)NCCc2nnc3n2CCN(Cc2cccc(Cl)c2)CC3)cc1. The van der Waals surface area contributed by atoms with Crippen LogP contribution >= 0.6 is 11.6 Å². The van der Waals surface area contributed by atoms with E-state index in [0.29, 0.717) is 18.5 Å². The Hall–Kier alpha value is -2.90. The highest BCUT2D eigenvalue weighted by Gasteiger charge is 2.19. The summed E-state index contributed by atoms with van der Waals surface area (Å²) in [5.74, 6) is 2.54. The zero-order valence-electron chi connectivity index (χ0n) is 17.6. The lowest BCUT2D eigenvalue weighted by atomic mass is 10.2. The third-order valence-electron chi connectivity index (χ3n) is 5.48. The second-order valence-electron chi connectivity index (χ2n) is 7.57. The van der Waals surface area contributed by atoms with Gasteiger partial charge in [0.25, 0.3) is 5.91 Å². The average Bonchev–Trinajstić information content (AvgIpc) is 3.06. The van der Waals surface area contributed by atoms with Crippen molar-refractivity contribution in [2.24, 2.45) is 0 Å². The summed E-state index contributed by atoms with van der Waals surface area (Å²) in [7, 11) is 1.60. The number of nitrogens with zero attached hydrogens (tertiary/aromatic N) is 4. The van der Waals surface area contributed by atoms with Crippen molar-refractivity contribution in [1.82, 2.24) is 25.0 Å². The largest absolute Gasteiger partial charge is 0.497 e. The van der Waals surface area contributed by atoms with Crippen molar-refractivity contribution in [2.45, 2.75) is 25.9 Å². The first-order valence-corrected chi connectivity index (χ1v) is 10.8. The molecule has 4 rings (SSSR count). The molecule has 0 unspecified atom stereocenters. The number of rotatable bonds is 7. The van der Waals surface area contributed by atoms with Crippen molar-refractivity contribution >= 4 is 17.5 Å². The quantitative estimate of drug-likeness (QED) is 0.612. The third-order valence-corrected chi connectivity index (χ3v) is 5.71. The first-order chi connectivity index (χ1) is 15.1. The van der Waals surface area contributed by atoms with Crippen molar-refractivity contribution in [3.8, 4) is 5.75 Å². The number of ether oxygens (including phenoxy) is 1. The van der Waals surface area contributed by atoms with Gasteiger partial charge in [-0.25, -0.2) is 0 Å². The minimum Gasteiger partial charge on any atom is -0.497 e. The standard InChI is InChI=1S/C23H26ClN5O2/c1-31-20-7-5-18(6-8-20)23(30)25-11-9-21-26-27-22-10-12-28(13-14-29(21)22)16-17-3-2-4-19(24)15-17/h2-8,15H,9-14,16H2,1H3,(H,25,30). The summed E-state index contributed by atoms with van der Waals surface area (Å²) >= 11 is 6.12. The van der Waals surface area contributed by atoms with Crippen LogP contribution in [0.5, 0.6) is 5.75 Å². The Balaban J connectivity index is 1.30. The molecule has 1 aliphatic rings. The fraction of sp³-hybridized carbons (Fsp3) is 0.348. The number of fused-ring (bicyclic) bond motifs is 1. The Morgan fingerprint density at radius 1 is 1.13 bits per heavy atom. The van der Waals surface area contributed by atoms with E-state index >= 15 is 0 Å². The monoisotopic (exact) mass is 439 g/mol. The van der Waals surface area contributed by atoms with Crippen LogP contribution in [-0.4, -0.2) is 52.3 Å². The number of halogens is 1. The lowest BCUT2D eigenvalue weighted by Gasteiger charge is -2.19. The molecule has 2 heterocycles. The average molecular weight is 440 g/mol. The van der Waals surface area contributed by atoms with Crippen LogP contribution in [0.25, 0.3) is 0 Å². The summed E-state index contributed by atoms with van der Waals surface area (Å²) < 4.78 is 7.32. The molecule has 0 saturated heterocycles. The van der Waals surface area contributed by atoms with Crippen LogP contribution in [0, 0.1) is 0 Å². The number of hydrogen-bond acceptors (Lipinski definition) is 5. The Bertz CT molecular complexity index is 1030. The molecule has 0 saturated carbocycles. The van der Waals surface area contributed by atoms with E-state index in [4.69, 9.17) is 16.3 Å². The molecular formula is C23H26ClN5O2. The van der Waals surface area contributed by atoms with Gasteiger partial charge in [-0.3, -0.25) is 9.69 Å². The van der Waals surface area contributed by atoms with Gasteiger partial charge in [0.15, 0.2) is 0 Å². The van der Waals surface area contributed by atoms with Gasteiger partial charge in [0.2, 0.25) is 0 Å². The molecule has 1 aromatic heterocycles. The minimum atomic E-state index is -0.106. The van der Waals surface area contributed by atoms with E-state index in [9.17, 15) is 4.79 Å². The molecule has 31 heavy (non-hydrogen) atoms. The molecule has 1 N–H and O–H groups in total. The number of carbonyl (C=O) groups excluding carboxylic acids is 1. The van der Waals surface area contributed by atoms with Crippen LogP contribution in [0.3, 0.4) is 0 Å². The smallest absolute Gasteiger partial charge is 0.251 e. The van der Waals surface area contributed by atoms with E-state index < -0.39 is 0 Å². The third kappa shape index (κ3) is 5.42. The Morgan fingerprint density at radius 2 is 1.97 bits per heavy atom. The zero-order chi connectivity index (χ0) is 21.6. The molecule has 7 nitrogen and oxygen atoms in total. The first-order valence-electron chi connectivity index (χ1n) is 10.4. The molecule has 162 valence electrons. The number of amides is 1. The predicted molar refractivity (Wildman–Crippen MR) is 119 cm³/mol. The van der Waals surface area contributed by atoms with E-state index in [-0.39, 0.29) is 5.91 Å². The summed E-state index contributed by atoms with van der Waals surface area (Å²) in [5.41, 5.74) is 1.82. The Morgan fingerprint density at radius 3 is 2.74 bits per heavy atom. The van der Waals surface area contributed by atoms with Gasteiger partial charge in [-0.05, 0) is 42.0 Å². The van der Waals surface area contributed by atoms with Gasteiger partial charge < -0.3 is 14.6 Å². The molecule has 2 aromatic carbocycles. The summed E-state index contributed by atoms with van der Waals surface area (Å²) in [5, 5.41) is 12.5. The molecule has 0 bridgehead atoms. The van der Waals surface area contributed by atoms with Gasteiger partial charge >= 0.3 is 0 Å². The molecule has 0 atom stereocenters. The molecule has 8 heteroatoms. The van der Waals surface area contributed by atoms with Crippen LogP contribution in [0.15, 0.2) is 48.5 Å². The predicted octanol–water partition coefficient (Wildman–Crippen LogP) is 2.97. The van der Waals surface area contributed by atoms with Gasteiger partial charge in [0.05, 0.1) is 7.11 Å². The highest BCUT2D eigenvalue weighted by Crippen LogP contribution is 2.16. The maximum Gasteiger partial charge on any atom is 0.251 e. The van der Waals surface area contributed by atoms with Crippen molar-refractivity contribution in [1.29, 1.82) is 0 Å². The van der Waals surface area contributed by atoms with E-state index in [0.717, 1.165) is 55.0 Å². The van der Waals surface area contributed by atoms with Crippen molar-refractivity contribution in [3.05, 3.63) is 76.3 Å². The summed E-state index contributed by atoms with van der Waals surface area (Å²) in [6.45, 7) is 4.06. The second kappa shape index (κ2) is 9.94. The number of methoxy groups -OCH3 is 1. The minimum absolute atomic E-state index is 0.106. The number of nitrogens with one attached hydrogen (secondary N) is 1. The van der Waals surface area contributed by atoms with Crippen molar-refractivity contribution in [2.75, 3.05) is 26.7 Å². The highest BCUT2D eigenvalue weighted by atomic mass is 35.5. The molecule has 0 radical (unpaired) electrons. The summed E-state index contributed by atoms with van der Waals surface area (Å²) in [6, 6.07) is 15.1. The van der Waals surface area contributed by atoms with Crippen LogP contribution < -0.4 is 10.1 Å². The maximum absolute atomic E-state index is 12.3. The number of hydrogen-bond donors (Lipinski definition) is 1. The molecule has 3 aromatic rings. The van der Waals surface area contributed by atoms with Crippen molar-refractivity contribution in [3.63, 3.8) is 0 Å². The Labute approximate surface area is 187 Å². The first kappa shape index (κ1) is 21.3.